The monoisotopic (exact) mass is 204 g/mol. The zero-order valence-electron chi connectivity index (χ0n) is 6.74. The van der Waals surface area contributed by atoms with Crippen molar-refractivity contribution >= 4 is 5.97 Å². The molecule has 0 saturated carbocycles. The average Bonchev–Trinajstić information content (AvgIpc) is 2.01. The molecule has 1 aromatic rings. The van der Waals surface area contributed by atoms with Crippen LogP contribution in [-0.4, -0.2) is 21.3 Å². The number of carboxylic acid groups (broad SMARTS) is 1. The third-order valence-electron chi connectivity index (χ3n) is 1.57. The van der Waals surface area contributed by atoms with Crippen molar-refractivity contribution in [1.82, 2.24) is 0 Å². The highest BCUT2D eigenvalue weighted by molar-refractivity contribution is 5.74. The summed E-state index contributed by atoms with van der Waals surface area (Å²) in [5.41, 5.74) is -0.990. The third-order valence-corrected chi connectivity index (χ3v) is 1.57. The van der Waals surface area contributed by atoms with E-state index >= 15 is 0 Å². The van der Waals surface area contributed by atoms with Crippen molar-refractivity contribution in [3.8, 4) is 5.75 Å². The molecule has 1 unspecified atom stereocenters. The maximum absolute atomic E-state index is 12.9. The van der Waals surface area contributed by atoms with Gasteiger partial charge in [0.1, 0.15) is 17.4 Å². The molecule has 0 amide bonds. The van der Waals surface area contributed by atoms with Crippen LogP contribution in [0.25, 0.3) is 0 Å². The van der Waals surface area contributed by atoms with Gasteiger partial charge in [0.15, 0.2) is 6.10 Å². The first-order valence-corrected chi connectivity index (χ1v) is 3.52. The fourth-order valence-electron chi connectivity index (χ4n) is 0.956. The van der Waals surface area contributed by atoms with Crippen LogP contribution in [0, 0.1) is 11.6 Å². The summed E-state index contributed by atoms with van der Waals surface area (Å²) < 4.78 is 25.8. The Balaban J connectivity index is 3.27. The van der Waals surface area contributed by atoms with E-state index in [9.17, 15) is 13.6 Å². The van der Waals surface area contributed by atoms with Crippen LogP contribution < -0.4 is 0 Å². The number of phenolic OH excluding ortho intramolecular Hbond substituents is 1. The lowest BCUT2D eigenvalue weighted by Gasteiger charge is -2.08. The number of hydrogen-bond acceptors (Lipinski definition) is 3. The lowest BCUT2D eigenvalue weighted by molar-refractivity contribution is -0.147. The summed E-state index contributed by atoms with van der Waals surface area (Å²) in [7, 11) is 0. The van der Waals surface area contributed by atoms with Gasteiger partial charge >= 0.3 is 5.97 Å². The van der Waals surface area contributed by atoms with Crippen LogP contribution in [0.5, 0.6) is 5.75 Å². The zero-order valence-corrected chi connectivity index (χ0v) is 6.74. The number of halogens is 2. The van der Waals surface area contributed by atoms with Gasteiger partial charge in [-0.05, 0) is 0 Å². The molecule has 0 bridgehead atoms. The first-order valence-electron chi connectivity index (χ1n) is 3.52. The number of aliphatic carboxylic acids is 1. The molecule has 0 saturated heterocycles. The number of aromatic hydroxyl groups is 1. The second kappa shape index (κ2) is 3.59. The van der Waals surface area contributed by atoms with Crippen LogP contribution in [0.4, 0.5) is 8.78 Å². The molecule has 0 heterocycles. The summed E-state index contributed by atoms with van der Waals surface area (Å²) in [6.07, 6.45) is -2.28. The summed E-state index contributed by atoms with van der Waals surface area (Å²) in [5, 5.41) is 25.9. The molecule has 14 heavy (non-hydrogen) atoms. The standard InChI is InChI=1S/C8H6F2O4/c9-4-1-3(11)2-5(10)6(4)7(12)8(13)14/h1-2,7,11-12H,(H,13,14). The molecule has 0 aliphatic heterocycles. The molecule has 0 aromatic heterocycles. The topological polar surface area (TPSA) is 77.8 Å². The predicted molar refractivity (Wildman–Crippen MR) is 40.6 cm³/mol. The van der Waals surface area contributed by atoms with Crippen LogP contribution in [0.3, 0.4) is 0 Å². The molecular formula is C8H6F2O4. The lowest BCUT2D eigenvalue weighted by Crippen LogP contribution is -2.14. The highest BCUT2D eigenvalue weighted by Crippen LogP contribution is 2.25. The first kappa shape index (κ1) is 10.4. The summed E-state index contributed by atoms with van der Waals surface area (Å²) in [6.45, 7) is 0. The maximum atomic E-state index is 12.9. The molecule has 1 aromatic carbocycles. The summed E-state index contributed by atoms with van der Waals surface area (Å²) in [4.78, 5) is 10.2. The minimum Gasteiger partial charge on any atom is -0.508 e. The van der Waals surface area contributed by atoms with E-state index in [1.165, 1.54) is 0 Å². The summed E-state index contributed by atoms with van der Waals surface area (Å²) in [6, 6.07) is 1.04. The minimum absolute atomic E-state index is 0.518. The molecule has 0 spiro atoms. The van der Waals surface area contributed by atoms with Crippen LogP contribution in [0.15, 0.2) is 12.1 Å². The van der Waals surface area contributed by atoms with Crippen LogP contribution in [0.2, 0.25) is 0 Å². The van der Waals surface area contributed by atoms with E-state index in [2.05, 4.69) is 0 Å². The van der Waals surface area contributed by atoms with Gasteiger partial charge in [0.05, 0.1) is 5.56 Å². The Labute approximate surface area is 77.0 Å². The molecule has 3 N–H and O–H groups in total. The average molecular weight is 204 g/mol. The number of hydrogen-bond donors (Lipinski definition) is 3. The smallest absolute Gasteiger partial charge is 0.337 e. The zero-order chi connectivity index (χ0) is 10.9. The second-order valence-electron chi connectivity index (χ2n) is 2.56. The summed E-state index contributed by atoms with van der Waals surface area (Å²) in [5.74, 6) is -5.07. The normalized spacial score (nSPS) is 12.5. The van der Waals surface area contributed by atoms with Crippen molar-refractivity contribution in [2.75, 3.05) is 0 Å². The van der Waals surface area contributed by atoms with Gasteiger partial charge in [0.25, 0.3) is 0 Å². The number of carboxylic acids is 1. The van der Waals surface area contributed by atoms with Crippen molar-refractivity contribution in [3.63, 3.8) is 0 Å². The molecule has 1 atom stereocenters. The minimum atomic E-state index is -2.28. The Morgan fingerprint density at radius 2 is 1.71 bits per heavy atom. The molecule has 0 radical (unpaired) electrons. The van der Waals surface area contributed by atoms with Gasteiger partial charge < -0.3 is 15.3 Å². The van der Waals surface area contributed by atoms with Gasteiger partial charge in [-0.2, -0.15) is 0 Å². The number of carbonyl (C=O) groups is 1. The highest BCUT2D eigenvalue weighted by Gasteiger charge is 2.24. The van der Waals surface area contributed by atoms with E-state index < -0.39 is 35.0 Å². The molecule has 76 valence electrons. The number of rotatable bonds is 2. The highest BCUT2D eigenvalue weighted by atomic mass is 19.1. The fraction of sp³-hybridized carbons (Fsp3) is 0.125. The Morgan fingerprint density at radius 3 is 2.07 bits per heavy atom. The third kappa shape index (κ3) is 1.80. The number of aliphatic hydroxyl groups excluding tert-OH is 1. The summed E-state index contributed by atoms with van der Waals surface area (Å²) >= 11 is 0. The Morgan fingerprint density at radius 1 is 1.29 bits per heavy atom. The van der Waals surface area contributed by atoms with Crippen molar-refractivity contribution in [2.45, 2.75) is 6.10 Å². The van der Waals surface area contributed by atoms with E-state index in [4.69, 9.17) is 15.3 Å². The molecule has 0 fully saturated rings. The molecular weight excluding hydrogens is 198 g/mol. The number of benzene rings is 1. The van der Waals surface area contributed by atoms with E-state index in [0.717, 1.165) is 0 Å². The van der Waals surface area contributed by atoms with E-state index in [-0.39, 0.29) is 0 Å². The number of phenols is 1. The SMILES string of the molecule is O=C(O)C(O)c1c(F)cc(O)cc1F. The lowest BCUT2D eigenvalue weighted by atomic mass is 10.1. The van der Waals surface area contributed by atoms with Gasteiger partial charge in [0, 0.05) is 12.1 Å². The van der Waals surface area contributed by atoms with Crippen LogP contribution in [-0.2, 0) is 4.79 Å². The van der Waals surface area contributed by atoms with Crippen molar-refractivity contribution in [1.29, 1.82) is 0 Å². The Kier molecular flexibility index (Phi) is 2.66. The van der Waals surface area contributed by atoms with Crippen molar-refractivity contribution in [2.24, 2.45) is 0 Å². The van der Waals surface area contributed by atoms with Crippen LogP contribution in [0.1, 0.15) is 11.7 Å². The maximum Gasteiger partial charge on any atom is 0.337 e. The van der Waals surface area contributed by atoms with Gasteiger partial charge in [-0.25, -0.2) is 13.6 Å². The largest absolute Gasteiger partial charge is 0.508 e. The molecule has 0 aliphatic carbocycles. The molecule has 6 heteroatoms. The Hall–Kier alpha value is -1.69. The fourth-order valence-corrected chi connectivity index (χ4v) is 0.956. The van der Waals surface area contributed by atoms with E-state index in [1.54, 1.807) is 0 Å². The van der Waals surface area contributed by atoms with Gasteiger partial charge in [-0.1, -0.05) is 0 Å². The van der Waals surface area contributed by atoms with Gasteiger partial charge in [-0.15, -0.1) is 0 Å². The molecule has 4 nitrogen and oxygen atoms in total. The molecule has 1 rings (SSSR count). The molecule has 0 aliphatic rings. The van der Waals surface area contributed by atoms with E-state index in [0.29, 0.717) is 12.1 Å². The van der Waals surface area contributed by atoms with E-state index in [1.807, 2.05) is 0 Å². The number of aliphatic hydroxyl groups is 1. The van der Waals surface area contributed by atoms with Crippen LogP contribution >= 0.6 is 0 Å². The first-order chi connectivity index (χ1) is 6.43. The van der Waals surface area contributed by atoms with Gasteiger partial charge in [0.2, 0.25) is 0 Å². The van der Waals surface area contributed by atoms with Gasteiger partial charge in [-0.3, -0.25) is 0 Å². The van der Waals surface area contributed by atoms with Crippen molar-refractivity contribution < 1.29 is 28.9 Å². The Bertz CT molecular complexity index is 355. The van der Waals surface area contributed by atoms with Crippen molar-refractivity contribution in [3.05, 3.63) is 29.3 Å². The predicted octanol–water partition coefficient (Wildman–Crippen LogP) is 0.788. The second-order valence-corrected chi connectivity index (χ2v) is 2.56. The quantitative estimate of drug-likeness (QED) is 0.665.